The summed E-state index contributed by atoms with van der Waals surface area (Å²) in [5.74, 6) is 0.982. The van der Waals surface area contributed by atoms with Gasteiger partial charge in [0, 0.05) is 26.4 Å². The van der Waals surface area contributed by atoms with Crippen LogP contribution in [0.3, 0.4) is 0 Å². The molecule has 104 valence electrons. The van der Waals surface area contributed by atoms with Crippen LogP contribution in [0.4, 0.5) is 0 Å². The van der Waals surface area contributed by atoms with Gasteiger partial charge in [-0.05, 0) is 11.1 Å². The highest BCUT2D eigenvalue weighted by Gasteiger charge is 2.11. The number of nitrogens with zero attached hydrogens (tertiary/aromatic N) is 2. The van der Waals surface area contributed by atoms with Crippen molar-refractivity contribution in [2.75, 3.05) is 26.4 Å². The molecule has 1 heterocycles. The Hall–Kier alpha value is -1.56. The van der Waals surface area contributed by atoms with Gasteiger partial charge in [0.25, 0.3) is 0 Å². The lowest BCUT2D eigenvalue weighted by molar-refractivity contribution is 0.534. The van der Waals surface area contributed by atoms with Gasteiger partial charge in [0.2, 0.25) is 0 Å². The van der Waals surface area contributed by atoms with Gasteiger partial charge >= 0.3 is 0 Å². The topological polar surface area (TPSA) is 61.8 Å². The van der Waals surface area contributed by atoms with E-state index in [0.717, 1.165) is 30.2 Å². The van der Waals surface area contributed by atoms with Gasteiger partial charge in [0.15, 0.2) is 15.8 Å². The van der Waals surface area contributed by atoms with E-state index < -0.39 is 9.84 Å². The van der Waals surface area contributed by atoms with Crippen LogP contribution in [0.25, 0.3) is 0 Å². The molecule has 0 aliphatic carbocycles. The van der Waals surface area contributed by atoms with Crippen LogP contribution in [0.15, 0.2) is 29.3 Å². The zero-order chi connectivity index (χ0) is 13.9. The molecule has 0 amide bonds. The molecule has 0 bridgehead atoms. The molecule has 1 aliphatic rings. The van der Waals surface area contributed by atoms with Crippen LogP contribution in [-0.4, -0.2) is 45.7 Å². The fourth-order valence-corrected chi connectivity index (χ4v) is 2.82. The number of aliphatic imine (C=N–C) groups is 1. The van der Waals surface area contributed by atoms with Crippen molar-refractivity contribution >= 4 is 15.8 Å². The maximum Gasteiger partial charge on any atom is 0.194 e. The first kappa shape index (κ1) is 13.9. The second-order valence-electron chi connectivity index (χ2n) is 4.87. The summed E-state index contributed by atoms with van der Waals surface area (Å²) >= 11 is 0. The van der Waals surface area contributed by atoms with Gasteiger partial charge < -0.3 is 10.2 Å². The largest absolute Gasteiger partial charge is 0.352 e. The van der Waals surface area contributed by atoms with Crippen LogP contribution >= 0.6 is 0 Å². The van der Waals surface area contributed by atoms with E-state index in [1.165, 1.54) is 6.26 Å². The molecule has 0 unspecified atom stereocenters. The van der Waals surface area contributed by atoms with Crippen molar-refractivity contribution in [2.45, 2.75) is 12.3 Å². The van der Waals surface area contributed by atoms with E-state index in [1.807, 2.05) is 31.3 Å². The van der Waals surface area contributed by atoms with E-state index >= 15 is 0 Å². The van der Waals surface area contributed by atoms with Gasteiger partial charge in [0.1, 0.15) is 0 Å². The average molecular weight is 281 g/mol. The average Bonchev–Trinajstić information content (AvgIpc) is 2.70. The van der Waals surface area contributed by atoms with Crippen molar-refractivity contribution < 1.29 is 8.42 Å². The molecule has 0 aromatic heterocycles. The standard InChI is InChI=1S/C13H19N3O2S/c1-16-7-6-14-13(16)15-9-11-4-3-5-12(8-11)10-19(2,17)18/h3-5,8H,6-7,9-10H2,1-2H3,(H,14,15). The number of guanidine groups is 1. The summed E-state index contributed by atoms with van der Waals surface area (Å²) in [4.78, 5) is 6.42. The molecule has 19 heavy (non-hydrogen) atoms. The lowest BCUT2D eigenvalue weighted by Gasteiger charge is -2.15. The Morgan fingerprint density at radius 2 is 2.11 bits per heavy atom. The number of benzene rings is 1. The quantitative estimate of drug-likeness (QED) is 0.879. The number of likely N-dealkylation sites (N-methyl/N-ethyl adjacent to an activating group) is 1. The molecular formula is C13H19N3O2S. The van der Waals surface area contributed by atoms with Gasteiger partial charge in [-0.2, -0.15) is 0 Å². The lowest BCUT2D eigenvalue weighted by atomic mass is 10.1. The molecule has 0 saturated carbocycles. The molecule has 0 fully saturated rings. The summed E-state index contributed by atoms with van der Waals surface area (Å²) in [5, 5.41) is 3.26. The predicted molar refractivity (Wildman–Crippen MR) is 76.8 cm³/mol. The van der Waals surface area contributed by atoms with Crippen molar-refractivity contribution in [2.24, 2.45) is 4.99 Å². The Bertz CT molecular complexity index is 581. The maximum atomic E-state index is 11.3. The summed E-state index contributed by atoms with van der Waals surface area (Å²) < 4.78 is 22.6. The zero-order valence-electron chi connectivity index (χ0n) is 11.3. The van der Waals surface area contributed by atoms with Crippen LogP contribution in [0.1, 0.15) is 11.1 Å². The van der Waals surface area contributed by atoms with E-state index in [-0.39, 0.29) is 5.75 Å². The Morgan fingerprint density at radius 3 is 2.74 bits per heavy atom. The van der Waals surface area contributed by atoms with E-state index in [4.69, 9.17) is 0 Å². The molecule has 1 aromatic rings. The monoisotopic (exact) mass is 281 g/mol. The first-order chi connectivity index (χ1) is 8.94. The van der Waals surface area contributed by atoms with Crippen LogP contribution in [0.5, 0.6) is 0 Å². The summed E-state index contributed by atoms with van der Waals surface area (Å²) in [7, 11) is -0.987. The number of hydrogen-bond acceptors (Lipinski definition) is 5. The highest BCUT2D eigenvalue weighted by Crippen LogP contribution is 2.09. The smallest absolute Gasteiger partial charge is 0.194 e. The second kappa shape index (κ2) is 5.61. The SMILES string of the molecule is CN1CCN=C1NCc1cccc(CS(C)(=O)=O)c1. The number of rotatable bonds is 4. The molecule has 1 aliphatic heterocycles. The molecular weight excluding hydrogens is 262 g/mol. The van der Waals surface area contributed by atoms with Gasteiger partial charge in [0.05, 0.1) is 12.3 Å². The molecule has 0 saturated heterocycles. The highest BCUT2D eigenvalue weighted by molar-refractivity contribution is 7.89. The minimum absolute atomic E-state index is 0.0850. The van der Waals surface area contributed by atoms with Gasteiger partial charge in [-0.25, -0.2) is 8.42 Å². The van der Waals surface area contributed by atoms with Crippen molar-refractivity contribution in [3.63, 3.8) is 0 Å². The summed E-state index contributed by atoms with van der Waals surface area (Å²) in [6.07, 6.45) is 1.25. The van der Waals surface area contributed by atoms with Gasteiger partial charge in [-0.3, -0.25) is 4.99 Å². The Labute approximate surface area is 114 Å². The Morgan fingerprint density at radius 1 is 1.37 bits per heavy atom. The maximum absolute atomic E-state index is 11.3. The third kappa shape index (κ3) is 4.24. The molecule has 0 atom stereocenters. The summed E-state index contributed by atoms with van der Waals surface area (Å²) in [5.41, 5.74) is 1.88. The number of nitrogens with one attached hydrogen (secondary N) is 1. The number of hydrogen-bond donors (Lipinski definition) is 1. The van der Waals surface area contributed by atoms with Crippen LogP contribution < -0.4 is 5.32 Å². The third-order valence-electron chi connectivity index (χ3n) is 2.93. The lowest BCUT2D eigenvalue weighted by Crippen LogP contribution is -2.35. The summed E-state index contributed by atoms with van der Waals surface area (Å²) in [6.45, 7) is 2.42. The van der Waals surface area contributed by atoms with Crippen molar-refractivity contribution in [3.8, 4) is 0 Å². The fourth-order valence-electron chi connectivity index (χ4n) is 2.04. The van der Waals surface area contributed by atoms with E-state index in [9.17, 15) is 8.42 Å². The molecule has 6 heteroatoms. The fraction of sp³-hybridized carbons (Fsp3) is 0.462. The molecule has 5 nitrogen and oxygen atoms in total. The zero-order valence-corrected chi connectivity index (χ0v) is 12.1. The van der Waals surface area contributed by atoms with Crippen LogP contribution in [-0.2, 0) is 22.1 Å². The van der Waals surface area contributed by atoms with E-state index in [0.29, 0.717) is 6.54 Å². The number of sulfone groups is 1. The summed E-state index contributed by atoms with van der Waals surface area (Å²) in [6, 6.07) is 7.62. The first-order valence-corrected chi connectivity index (χ1v) is 8.25. The van der Waals surface area contributed by atoms with Crippen molar-refractivity contribution in [3.05, 3.63) is 35.4 Å². The molecule has 0 radical (unpaired) electrons. The molecule has 1 aromatic carbocycles. The first-order valence-electron chi connectivity index (χ1n) is 6.19. The van der Waals surface area contributed by atoms with E-state index in [2.05, 4.69) is 15.2 Å². The molecule has 0 spiro atoms. The third-order valence-corrected chi connectivity index (χ3v) is 3.79. The molecule has 1 N–H and O–H groups in total. The van der Waals surface area contributed by atoms with E-state index in [1.54, 1.807) is 0 Å². The highest BCUT2D eigenvalue weighted by atomic mass is 32.2. The van der Waals surface area contributed by atoms with Gasteiger partial charge in [-0.15, -0.1) is 0 Å². The minimum atomic E-state index is -2.99. The van der Waals surface area contributed by atoms with Crippen molar-refractivity contribution in [1.82, 2.24) is 10.2 Å². The minimum Gasteiger partial charge on any atom is -0.352 e. The second-order valence-corrected chi connectivity index (χ2v) is 7.01. The van der Waals surface area contributed by atoms with Crippen LogP contribution in [0.2, 0.25) is 0 Å². The van der Waals surface area contributed by atoms with Crippen molar-refractivity contribution in [1.29, 1.82) is 0 Å². The Balaban J connectivity index is 1.99. The normalized spacial score (nSPS) is 15.5. The molecule has 2 rings (SSSR count). The van der Waals surface area contributed by atoms with Gasteiger partial charge in [-0.1, -0.05) is 24.3 Å². The Kier molecular flexibility index (Phi) is 4.09. The predicted octanol–water partition coefficient (Wildman–Crippen LogP) is 0.622. The van der Waals surface area contributed by atoms with Crippen LogP contribution in [0, 0.1) is 0 Å².